The molecule has 22 heavy (non-hydrogen) atoms. The van der Waals surface area contributed by atoms with Gasteiger partial charge in [-0.3, -0.25) is 4.79 Å². The Balaban J connectivity index is 1.70. The predicted octanol–water partition coefficient (Wildman–Crippen LogP) is 4.49. The van der Waals surface area contributed by atoms with Crippen molar-refractivity contribution in [2.75, 3.05) is 6.54 Å². The molecule has 2 aromatic rings. The molecule has 3 rings (SSSR count). The van der Waals surface area contributed by atoms with Gasteiger partial charge in [-0.25, -0.2) is 0 Å². The molecule has 0 spiro atoms. The van der Waals surface area contributed by atoms with Gasteiger partial charge in [-0.15, -0.1) is 0 Å². The quantitative estimate of drug-likeness (QED) is 0.814. The Morgan fingerprint density at radius 2 is 1.95 bits per heavy atom. The van der Waals surface area contributed by atoms with E-state index in [0.29, 0.717) is 0 Å². The second-order valence-corrected chi connectivity index (χ2v) is 6.37. The molecule has 0 bridgehead atoms. The molecule has 1 aliphatic heterocycles. The van der Waals surface area contributed by atoms with Gasteiger partial charge in [0.2, 0.25) is 5.91 Å². The van der Waals surface area contributed by atoms with E-state index in [1.807, 2.05) is 47.4 Å². The average molecular weight is 314 g/mol. The lowest BCUT2D eigenvalue weighted by molar-refractivity contribution is -0.132. The summed E-state index contributed by atoms with van der Waals surface area (Å²) in [5.74, 6) is 0.334. The summed E-state index contributed by atoms with van der Waals surface area (Å²) in [7, 11) is 0. The summed E-state index contributed by atoms with van der Waals surface area (Å²) in [6, 6.07) is 18.2. The Bertz CT molecular complexity index is 655. The maximum absolute atomic E-state index is 12.7. The van der Waals surface area contributed by atoms with Gasteiger partial charge in [0.15, 0.2) is 0 Å². The topological polar surface area (TPSA) is 20.3 Å². The van der Waals surface area contributed by atoms with E-state index in [9.17, 15) is 4.79 Å². The van der Waals surface area contributed by atoms with Crippen LogP contribution in [-0.4, -0.2) is 17.4 Å². The van der Waals surface area contributed by atoms with E-state index in [4.69, 9.17) is 11.6 Å². The van der Waals surface area contributed by atoms with Crippen LogP contribution in [0.1, 0.15) is 30.5 Å². The number of likely N-dealkylation sites (tertiary alicyclic amines) is 1. The van der Waals surface area contributed by atoms with E-state index in [1.165, 1.54) is 5.56 Å². The molecule has 1 saturated heterocycles. The van der Waals surface area contributed by atoms with Crippen molar-refractivity contribution in [3.63, 3.8) is 0 Å². The third-order valence-electron chi connectivity index (χ3n) is 4.47. The fraction of sp³-hybridized carbons (Fsp3) is 0.316. The number of benzene rings is 2. The Hall–Kier alpha value is -1.80. The molecule has 1 heterocycles. The van der Waals surface area contributed by atoms with Crippen molar-refractivity contribution in [2.45, 2.75) is 25.8 Å². The van der Waals surface area contributed by atoms with Gasteiger partial charge < -0.3 is 4.90 Å². The smallest absolute Gasteiger partial charge is 0.226 e. The number of amides is 1. The van der Waals surface area contributed by atoms with E-state index in [-0.39, 0.29) is 17.9 Å². The Kier molecular flexibility index (Phi) is 4.49. The van der Waals surface area contributed by atoms with Crippen molar-refractivity contribution in [1.29, 1.82) is 0 Å². The van der Waals surface area contributed by atoms with E-state index in [2.05, 4.69) is 19.1 Å². The van der Waals surface area contributed by atoms with Crippen LogP contribution in [0.5, 0.6) is 0 Å². The fourth-order valence-corrected chi connectivity index (χ4v) is 3.41. The van der Waals surface area contributed by atoms with Crippen molar-refractivity contribution in [1.82, 2.24) is 4.90 Å². The molecule has 2 nitrogen and oxygen atoms in total. The standard InChI is InChI=1S/C19H20ClNO/c1-14(16-7-3-2-4-8-16)21-11-10-17(19(21)22)12-15-6-5-9-18(20)13-15/h2-9,13-14,17H,10-12H2,1H3/t14-,17?/m1/s1. The average Bonchev–Trinajstić information content (AvgIpc) is 2.89. The lowest BCUT2D eigenvalue weighted by Gasteiger charge is -2.25. The largest absolute Gasteiger partial charge is 0.336 e. The molecule has 0 N–H and O–H groups in total. The summed E-state index contributed by atoms with van der Waals surface area (Å²) in [6.07, 6.45) is 1.69. The summed E-state index contributed by atoms with van der Waals surface area (Å²) in [5.41, 5.74) is 2.33. The number of hydrogen-bond acceptors (Lipinski definition) is 1. The van der Waals surface area contributed by atoms with Crippen LogP contribution in [0.15, 0.2) is 54.6 Å². The van der Waals surface area contributed by atoms with Crippen LogP contribution in [0.2, 0.25) is 5.02 Å². The third-order valence-corrected chi connectivity index (χ3v) is 4.71. The molecule has 1 fully saturated rings. The van der Waals surface area contributed by atoms with Crippen LogP contribution >= 0.6 is 11.6 Å². The Labute approximate surface area is 136 Å². The summed E-state index contributed by atoms with van der Waals surface area (Å²) in [5, 5.41) is 0.734. The SMILES string of the molecule is C[C@H](c1ccccc1)N1CCC(Cc2cccc(Cl)c2)C1=O. The highest BCUT2D eigenvalue weighted by atomic mass is 35.5. The lowest BCUT2D eigenvalue weighted by atomic mass is 9.98. The monoisotopic (exact) mass is 313 g/mol. The number of rotatable bonds is 4. The molecule has 0 aliphatic carbocycles. The first kappa shape index (κ1) is 15.1. The van der Waals surface area contributed by atoms with Crippen LogP contribution in [0.25, 0.3) is 0 Å². The fourth-order valence-electron chi connectivity index (χ4n) is 3.20. The summed E-state index contributed by atoms with van der Waals surface area (Å²) in [4.78, 5) is 14.7. The Morgan fingerprint density at radius 1 is 1.18 bits per heavy atom. The maximum atomic E-state index is 12.7. The second kappa shape index (κ2) is 6.53. The third kappa shape index (κ3) is 3.17. The van der Waals surface area contributed by atoms with Crippen LogP contribution in [0.4, 0.5) is 0 Å². The summed E-state index contributed by atoms with van der Waals surface area (Å²) < 4.78 is 0. The van der Waals surface area contributed by atoms with Gasteiger partial charge in [-0.05, 0) is 43.0 Å². The van der Waals surface area contributed by atoms with E-state index in [0.717, 1.165) is 30.0 Å². The molecular weight excluding hydrogens is 294 g/mol. The number of nitrogens with zero attached hydrogens (tertiary/aromatic N) is 1. The van der Waals surface area contributed by atoms with E-state index < -0.39 is 0 Å². The van der Waals surface area contributed by atoms with Crippen molar-refractivity contribution in [3.05, 3.63) is 70.7 Å². The summed E-state index contributed by atoms with van der Waals surface area (Å²) >= 11 is 6.03. The predicted molar refractivity (Wildman–Crippen MR) is 89.8 cm³/mol. The molecule has 0 radical (unpaired) electrons. The van der Waals surface area contributed by atoms with Crippen LogP contribution in [-0.2, 0) is 11.2 Å². The van der Waals surface area contributed by atoms with Crippen molar-refractivity contribution in [3.8, 4) is 0 Å². The minimum Gasteiger partial charge on any atom is -0.336 e. The van der Waals surface area contributed by atoms with Gasteiger partial charge in [0, 0.05) is 17.5 Å². The minimum absolute atomic E-state index is 0.0737. The first-order chi connectivity index (χ1) is 10.6. The van der Waals surface area contributed by atoms with Crippen molar-refractivity contribution in [2.24, 2.45) is 5.92 Å². The number of hydrogen-bond donors (Lipinski definition) is 0. The van der Waals surface area contributed by atoms with Crippen molar-refractivity contribution >= 4 is 17.5 Å². The normalized spacial score (nSPS) is 19.5. The molecule has 3 heteroatoms. The van der Waals surface area contributed by atoms with Gasteiger partial charge in [-0.1, -0.05) is 54.1 Å². The molecule has 1 aliphatic rings. The van der Waals surface area contributed by atoms with Gasteiger partial charge in [0.25, 0.3) is 0 Å². The van der Waals surface area contributed by atoms with Gasteiger partial charge in [0.05, 0.1) is 6.04 Å². The van der Waals surface area contributed by atoms with Gasteiger partial charge in [-0.2, -0.15) is 0 Å². The number of halogens is 1. The zero-order valence-electron chi connectivity index (χ0n) is 12.7. The highest BCUT2D eigenvalue weighted by Gasteiger charge is 2.34. The number of carbonyl (C=O) groups excluding carboxylic acids is 1. The zero-order valence-corrected chi connectivity index (χ0v) is 13.5. The molecule has 1 unspecified atom stereocenters. The van der Waals surface area contributed by atoms with E-state index >= 15 is 0 Å². The molecule has 1 amide bonds. The zero-order chi connectivity index (χ0) is 15.5. The van der Waals surface area contributed by atoms with E-state index in [1.54, 1.807) is 0 Å². The molecule has 0 aromatic heterocycles. The minimum atomic E-state index is 0.0737. The Morgan fingerprint density at radius 3 is 2.68 bits per heavy atom. The molecule has 2 atom stereocenters. The van der Waals surface area contributed by atoms with Crippen LogP contribution in [0.3, 0.4) is 0 Å². The van der Waals surface area contributed by atoms with Crippen LogP contribution in [0, 0.1) is 5.92 Å². The highest BCUT2D eigenvalue weighted by Crippen LogP contribution is 2.30. The first-order valence-corrected chi connectivity index (χ1v) is 8.13. The summed E-state index contributed by atoms with van der Waals surface area (Å²) in [6.45, 7) is 2.94. The van der Waals surface area contributed by atoms with Crippen molar-refractivity contribution < 1.29 is 4.79 Å². The molecule has 114 valence electrons. The second-order valence-electron chi connectivity index (χ2n) is 5.94. The molecule has 2 aromatic carbocycles. The van der Waals surface area contributed by atoms with Gasteiger partial charge >= 0.3 is 0 Å². The lowest BCUT2D eigenvalue weighted by Crippen LogP contribution is -2.30. The maximum Gasteiger partial charge on any atom is 0.226 e. The van der Waals surface area contributed by atoms with Gasteiger partial charge in [0.1, 0.15) is 0 Å². The first-order valence-electron chi connectivity index (χ1n) is 7.75. The van der Waals surface area contributed by atoms with Crippen LogP contribution < -0.4 is 0 Å². The molecular formula is C19H20ClNO. The molecule has 0 saturated carbocycles. The number of carbonyl (C=O) groups is 1. The highest BCUT2D eigenvalue weighted by molar-refractivity contribution is 6.30.